The number of aromatic nitrogens is 2. The van der Waals surface area contributed by atoms with Crippen LogP contribution in [0.1, 0.15) is 63.1 Å². The summed E-state index contributed by atoms with van der Waals surface area (Å²) in [4.78, 5) is 9.55. The van der Waals surface area contributed by atoms with Gasteiger partial charge in [0, 0.05) is 34.1 Å². The first-order valence-corrected chi connectivity index (χ1v) is 10.8. The number of nitrogens with zero attached hydrogens (tertiary/aromatic N) is 2. The van der Waals surface area contributed by atoms with Crippen LogP contribution in [0.5, 0.6) is 0 Å². The molecule has 0 radical (unpaired) electrons. The summed E-state index contributed by atoms with van der Waals surface area (Å²) in [5.41, 5.74) is 8.13. The molecule has 2 nitrogen and oxygen atoms in total. The zero-order chi connectivity index (χ0) is 19.8. The molecular weight excluding hydrogens is 352 g/mol. The van der Waals surface area contributed by atoms with Gasteiger partial charge in [0.2, 0.25) is 0 Å². The molecule has 2 heterocycles. The minimum Gasteiger partial charge on any atom is -0.256 e. The van der Waals surface area contributed by atoms with Crippen LogP contribution in [0.3, 0.4) is 0 Å². The lowest BCUT2D eigenvalue weighted by Crippen LogP contribution is -2.29. The normalized spacial score (nSPS) is 17.2. The monoisotopic (exact) mass is 378 g/mol. The Morgan fingerprint density at radius 3 is 2.45 bits per heavy atom. The van der Waals surface area contributed by atoms with Crippen molar-refractivity contribution in [3.63, 3.8) is 0 Å². The molecule has 0 amide bonds. The van der Waals surface area contributed by atoms with Crippen LogP contribution in [0.4, 0.5) is 0 Å². The van der Waals surface area contributed by atoms with Crippen LogP contribution in [0.25, 0.3) is 32.9 Å². The minimum atomic E-state index is 0.106. The van der Waals surface area contributed by atoms with Crippen molar-refractivity contribution in [3.8, 4) is 11.3 Å². The average molecular weight is 379 g/mol. The van der Waals surface area contributed by atoms with E-state index in [1.807, 2.05) is 18.5 Å². The Morgan fingerprint density at radius 2 is 1.66 bits per heavy atom. The van der Waals surface area contributed by atoms with Gasteiger partial charge in [-0.2, -0.15) is 0 Å². The molecule has 0 bridgehead atoms. The Labute approximate surface area is 172 Å². The fourth-order valence-electron chi connectivity index (χ4n) is 5.71. The molecule has 0 atom stereocenters. The maximum absolute atomic E-state index is 4.90. The number of benzene rings is 2. The molecule has 0 aliphatic heterocycles. The Hall–Kier alpha value is -2.74. The summed E-state index contributed by atoms with van der Waals surface area (Å²) in [6.45, 7) is 6.96. The van der Waals surface area contributed by atoms with E-state index in [1.54, 1.807) is 0 Å². The Kier molecular flexibility index (Phi) is 3.35. The predicted octanol–water partition coefficient (Wildman–Crippen LogP) is 6.92. The van der Waals surface area contributed by atoms with Gasteiger partial charge in [-0.1, -0.05) is 51.8 Å². The van der Waals surface area contributed by atoms with Crippen LogP contribution >= 0.6 is 0 Å². The first kappa shape index (κ1) is 17.1. The summed E-state index contributed by atoms with van der Waals surface area (Å²) in [6, 6.07) is 16.0. The molecule has 0 unspecified atom stereocenters. The molecule has 1 fully saturated rings. The second kappa shape index (κ2) is 5.66. The summed E-state index contributed by atoms with van der Waals surface area (Å²) < 4.78 is 0. The topological polar surface area (TPSA) is 25.8 Å². The van der Waals surface area contributed by atoms with E-state index in [2.05, 4.69) is 62.2 Å². The number of fused-ring (bicyclic) bond motifs is 5. The van der Waals surface area contributed by atoms with Crippen molar-refractivity contribution in [3.05, 3.63) is 71.5 Å². The van der Waals surface area contributed by atoms with Gasteiger partial charge in [-0.05, 0) is 64.6 Å². The van der Waals surface area contributed by atoms with Gasteiger partial charge >= 0.3 is 0 Å². The SMILES string of the molecule is CC(C)(C)c1cc2c3c(nccc3c1)-c1cc3ncccc3cc1C21CCCC1. The minimum absolute atomic E-state index is 0.106. The summed E-state index contributed by atoms with van der Waals surface area (Å²) in [7, 11) is 0. The van der Waals surface area contributed by atoms with Crippen molar-refractivity contribution in [1.82, 2.24) is 9.97 Å². The van der Waals surface area contributed by atoms with Gasteiger partial charge in [-0.3, -0.25) is 9.97 Å². The van der Waals surface area contributed by atoms with E-state index < -0.39 is 0 Å². The van der Waals surface area contributed by atoms with Crippen LogP contribution in [0.15, 0.2) is 54.9 Å². The number of hydrogen-bond donors (Lipinski definition) is 0. The Morgan fingerprint density at radius 1 is 0.828 bits per heavy atom. The van der Waals surface area contributed by atoms with Crippen LogP contribution in [0.2, 0.25) is 0 Å². The van der Waals surface area contributed by atoms with E-state index in [-0.39, 0.29) is 10.8 Å². The Balaban J connectivity index is 1.80. The van der Waals surface area contributed by atoms with Gasteiger partial charge < -0.3 is 0 Å². The van der Waals surface area contributed by atoms with Gasteiger partial charge in [-0.15, -0.1) is 0 Å². The van der Waals surface area contributed by atoms with E-state index in [0.29, 0.717) is 0 Å². The molecule has 29 heavy (non-hydrogen) atoms. The van der Waals surface area contributed by atoms with Crippen LogP contribution in [-0.2, 0) is 10.8 Å². The highest BCUT2D eigenvalue weighted by molar-refractivity contribution is 6.04. The van der Waals surface area contributed by atoms with Crippen LogP contribution in [0, 0.1) is 0 Å². The van der Waals surface area contributed by atoms with Crippen LogP contribution in [-0.4, -0.2) is 9.97 Å². The number of pyridine rings is 2. The lowest BCUT2D eigenvalue weighted by atomic mass is 9.65. The second-order valence-corrected chi connectivity index (χ2v) is 9.91. The predicted molar refractivity (Wildman–Crippen MR) is 120 cm³/mol. The fourth-order valence-corrected chi connectivity index (χ4v) is 5.71. The molecule has 2 aliphatic carbocycles. The lowest BCUT2D eigenvalue weighted by molar-refractivity contribution is 0.533. The van der Waals surface area contributed by atoms with E-state index in [0.717, 1.165) is 11.2 Å². The van der Waals surface area contributed by atoms with Crippen LogP contribution < -0.4 is 0 Å². The lowest BCUT2D eigenvalue weighted by Gasteiger charge is -2.39. The van der Waals surface area contributed by atoms with Crippen molar-refractivity contribution in [2.45, 2.75) is 57.3 Å². The van der Waals surface area contributed by atoms with Crippen molar-refractivity contribution < 1.29 is 0 Å². The molecule has 2 aliphatic rings. The summed E-state index contributed by atoms with van der Waals surface area (Å²) in [5, 5.41) is 3.93. The largest absolute Gasteiger partial charge is 0.256 e. The highest BCUT2D eigenvalue weighted by Crippen LogP contribution is 2.56. The third-order valence-corrected chi connectivity index (χ3v) is 7.22. The molecule has 2 aromatic carbocycles. The standard InChI is InChI=1S/C27H26N2/c1-26(2,3)19-13-18-8-12-29-25-20-16-23-17(7-6-11-28-23)14-21(20)27(9-4-5-10-27)22(15-19)24(18)25/h6-8,11-16H,4-5,9-10H2,1-3H3. The molecule has 6 rings (SSSR count). The molecule has 4 aromatic rings. The van der Waals surface area contributed by atoms with Gasteiger partial charge in [0.15, 0.2) is 0 Å². The summed E-state index contributed by atoms with van der Waals surface area (Å²) in [6.07, 6.45) is 8.90. The van der Waals surface area contributed by atoms with Gasteiger partial charge in [0.05, 0.1) is 11.2 Å². The van der Waals surface area contributed by atoms with E-state index in [4.69, 9.17) is 4.98 Å². The summed E-state index contributed by atoms with van der Waals surface area (Å²) >= 11 is 0. The Bertz CT molecular complexity index is 1290. The van der Waals surface area contributed by atoms with Crippen molar-refractivity contribution in [2.24, 2.45) is 0 Å². The first-order chi connectivity index (χ1) is 14.0. The fraction of sp³-hybridized carbons (Fsp3) is 0.333. The van der Waals surface area contributed by atoms with E-state index in [1.165, 1.54) is 64.1 Å². The number of rotatable bonds is 0. The molecular formula is C27H26N2. The maximum Gasteiger partial charge on any atom is 0.0787 e. The number of hydrogen-bond acceptors (Lipinski definition) is 2. The molecule has 0 N–H and O–H groups in total. The van der Waals surface area contributed by atoms with E-state index >= 15 is 0 Å². The van der Waals surface area contributed by atoms with Gasteiger partial charge in [0.25, 0.3) is 0 Å². The van der Waals surface area contributed by atoms with Gasteiger partial charge in [-0.25, -0.2) is 0 Å². The smallest absolute Gasteiger partial charge is 0.0787 e. The van der Waals surface area contributed by atoms with Crippen molar-refractivity contribution in [1.29, 1.82) is 0 Å². The molecule has 2 aromatic heterocycles. The summed E-state index contributed by atoms with van der Waals surface area (Å²) in [5.74, 6) is 0. The molecule has 2 heteroatoms. The molecule has 0 saturated heterocycles. The maximum atomic E-state index is 4.90. The molecule has 144 valence electrons. The second-order valence-electron chi connectivity index (χ2n) is 9.91. The highest BCUT2D eigenvalue weighted by Gasteiger charge is 2.44. The van der Waals surface area contributed by atoms with Crippen molar-refractivity contribution >= 4 is 21.7 Å². The quantitative estimate of drug-likeness (QED) is 0.332. The van der Waals surface area contributed by atoms with Gasteiger partial charge in [0.1, 0.15) is 0 Å². The first-order valence-electron chi connectivity index (χ1n) is 10.8. The highest BCUT2D eigenvalue weighted by atomic mass is 14.7. The average Bonchev–Trinajstić information content (AvgIpc) is 3.20. The molecule has 1 saturated carbocycles. The third-order valence-electron chi connectivity index (χ3n) is 7.22. The third kappa shape index (κ3) is 2.29. The van der Waals surface area contributed by atoms with E-state index in [9.17, 15) is 0 Å². The molecule has 1 spiro atoms. The zero-order valence-corrected chi connectivity index (χ0v) is 17.4. The zero-order valence-electron chi connectivity index (χ0n) is 17.4. The van der Waals surface area contributed by atoms with Crippen molar-refractivity contribution in [2.75, 3.05) is 0 Å².